The first kappa shape index (κ1) is 21.6. The van der Waals surface area contributed by atoms with E-state index in [0.29, 0.717) is 51.3 Å². The maximum absolute atomic E-state index is 13.4. The number of ether oxygens (including phenoxy) is 3. The second kappa shape index (κ2) is 6.75. The smallest absolute Gasteiger partial charge is 0.340 e. The molecule has 6 nitrogen and oxygen atoms in total. The summed E-state index contributed by atoms with van der Waals surface area (Å²) < 4.78 is 18.9. The first-order chi connectivity index (χ1) is 17.2. The molecule has 36 heavy (non-hydrogen) atoms. The lowest BCUT2D eigenvalue weighted by Gasteiger charge is -2.36. The van der Waals surface area contributed by atoms with Gasteiger partial charge in [-0.3, -0.25) is 0 Å². The van der Waals surface area contributed by atoms with E-state index >= 15 is 0 Å². The maximum Gasteiger partial charge on any atom is 0.340 e. The molecule has 0 saturated heterocycles. The highest BCUT2D eigenvalue weighted by Crippen LogP contribution is 2.70. The van der Waals surface area contributed by atoms with E-state index in [4.69, 9.17) is 14.2 Å². The van der Waals surface area contributed by atoms with Crippen LogP contribution in [0.25, 0.3) is 0 Å². The van der Waals surface area contributed by atoms with E-state index in [1.165, 1.54) is 18.6 Å². The van der Waals surface area contributed by atoms with Gasteiger partial charge < -0.3 is 24.4 Å². The van der Waals surface area contributed by atoms with E-state index in [-0.39, 0.29) is 22.5 Å². The molecule has 2 aliphatic heterocycles. The Bertz CT molecular complexity index is 1400. The second-order valence-electron chi connectivity index (χ2n) is 11.4. The average molecular weight is 485 g/mol. The third kappa shape index (κ3) is 2.59. The fourth-order valence-electron chi connectivity index (χ4n) is 7.20. The molecule has 0 amide bonds. The van der Waals surface area contributed by atoms with Crippen LogP contribution < -0.4 is 9.47 Å². The van der Waals surface area contributed by atoms with Crippen LogP contribution in [0.3, 0.4) is 0 Å². The monoisotopic (exact) mass is 484 g/mol. The number of carbonyl (C=O) groups excluding carboxylic acids is 1. The van der Waals surface area contributed by atoms with Crippen molar-refractivity contribution in [1.29, 1.82) is 0 Å². The van der Waals surface area contributed by atoms with Crippen molar-refractivity contribution in [3.05, 3.63) is 76.9 Å². The zero-order valence-electron chi connectivity index (χ0n) is 20.5. The van der Waals surface area contributed by atoms with E-state index in [2.05, 4.69) is 20.8 Å². The highest BCUT2D eigenvalue weighted by molar-refractivity contribution is 5.97. The summed E-state index contributed by atoms with van der Waals surface area (Å²) in [6.45, 7) is 6.86. The molecular formula is C30H28O6. The van der Waals surface area contributed by atoms with Crippen molar-refractivity contribution >= 4 is 5.97 Å². The van der Waals surface area contributed by atoms with Crippen molar-refractivity contribution in [3.8, 4) is 28.7 Å². The molecule has 0 bridgehead atoms. The van der Waals surface area contributed by atoms with Crippen molar-refractivity contribution in [2.24, 2.45) is 17.3 Å². The molecule has 2 aliphatic carbocycles. The number of rotatable bonds is 2. The summed E-state index contributed by atoms with van der Waals surface area (Å²) >= 11 is 0. The molecule has 3 unspecified atom stereocenters. The Kier molecular flexibility index (Phi) is 4.05. The highest BCUT2D eigenvalue weighted by Gasteiger charge is 2.74. The normalized spacial score (nSPS) is 27.7. The molecule has 4 aliphatic rings. The van der Waals surface area contributed by atoms with Gasteiger partial charge in [-0.15, -0.1) is 0 Å². The van der Waals surface area contributed by atoms with Gasteiger partial charge in [-0.25, -0.2) is 4.79 Å². The van der Waals surface area contributed by atoms with Crippen LogP contribution in [0.15, 0.2) is 54.6 Å². The van der Waals surface area contributed by atoms with Crippen molar-refractivity contribution in [2.45, 2.75) is 51.2 Å². The quantitative estimate of drug-likeness (QED) is 0.418. The minimum absolute atomic E-state index is 0.0309. The van der Waals surface area contributed by atoms with E-state index < -0.39 is 11.6 Å². The summed E-state index contributed by atoms with van der Waals surface area (Å²) in [6.07, 6.45) is 3.41. The molecule has 2 N–H and O–H groups in total. The van der Waals surface area contributed by atoms with Gasteiger partial charge in [-0.05, 0) is 61.2 Å². The van der Waals surface area contributed by atoms with Crippen molar-refractivity contribution < 1.29 is 29.2 Å². The molecule has 7 rings (SSSR count). The third-order valence-electron chi connectivity index (χ3n) is 9.09. The molecule has 0 aromatic heterocycles. The Hall–Kier alpha value is -3.67. The first-order valence-corrected chi connectivity index (χ1v) is 12.6. The van der Waals surface area contributed by atoms with E-state index in [9.17, 15) is 15.0 Å². The molecule has 0 radical (unpaired) electrons. The van der Waals surface area contributed by atoms with Gasteiger partial charge in [-0.1, -0.05) is 27.2 Å². The molecule has 1 spiro atoms. The van der Waals surface area contributed by atoms with Crippen LogP contribution >= 0.6 is 0 Å². The molecule has 3 aromatic carbocycles. The average Bonchev–Trinajstić information content (AvgIpc) is 3.14. The number of hydrogen-bond donors (Lipinski definition) is 2. The predicted molar refractivity (Wildman–Crippen MR) is 132 cm³/mol. The third-order valence-corrected chi connectivity index (χ3v) is 9.09. The van der Waals surface area contributed by atoms with E-state index in [0.717, 1.165) is 12.8 Å². The Morgan fingerprint density at radius 3 is 2.19 bits per heavy atom. The van der Waals surface area contributed by atoms with Gasteiger partial charge in [0.2, 0.25) is 0 Å². The van der Waals surface area contributed by atoms with Crippen LogP contribution in [0.4, 0.5) is 0 Å². The summed E-state index contributed by atoms with van der Waals surface area (Å²) in [5, 5.41) is 20.2. The second-order valence-corrected chi connectivity index (χ2v) is 11.4. The Morgan fingerprint density at radius 1 is 0.889 bits per heavy atom. The van der Waals surface area contributed by atoms with E-state index in [1.807, 2.05) is 18.2 Å². The van der Waals surface area contributed by atoms with Crippen LogP contribution in [-0.2, 0) is 10.3 Å². The number of esters is 1. The number of aromatic hydroxyl groups is 2. The van der Waals surface area contributed by atoms with Crippen LogP contribution in [0.5, 0.6) is 28.7 Å². The standard InChI is InChI=1S/C30H28O6/c1-16-4-11-26-28(2,3)29(26,15-16)35-19-7-10-21-20(14-19)27(33)36-30(21)22-8-5-17(31)12-24(22)34-25-13-18(32)6-9-23(25)30/h5-10,12-14,16,26,31-32H,4,11,15H2,1-3H3. The Balaban J connectivity index is 1.36. The summed E-state index contributed by atoms with van der Waals surface area (Å²) in [6, 6.07) is 15.2. The van der Waals surface area contributed by atoms with E-state index in [1.54, 1.807) is 24.3 Å². The first-order valence-electron chi connectivity index (χ1n) is 12.6. The molecule has 3 aromatic rings. The highest BCUT2D eigenvalue weighted by atomic mass is 16.6. The largest absolute Gasteiger partial charge is 0.508 e. The molecule has 2 fully saturated rings. The molecule has 184 valence electrons. The fraction of sp³-hybridized carbons (Fsp3) is 0.367. The van der Waals surface area contributed by atoms with Crippen LogP contribution in [-0.4, -0.2) is 21.8 Å². The summed E-state index contributed by atoms with van der Waals surface area (Å²) in [7, 11) is 0. The van der Waals surface area contributed by atoms with Crippen molar-refractivity contribution in [1.82, 2.24) is 0 Å². The van der Waals surface area contributed by atoms with Crippen LogP contribution in [0.1, 0.15) is 67.1 Å². The minimum atomic E-state index is -1.26. The number of phenolic OH excluding ortho intramolecular Hbond substituents is 2. The zero-order valence-corrected chi connectivity index (χ0v) is 20.5. The van der Waals surface area contributed by atoms with Crippen molar-refractivity contribution in [3.63, 3.8) is 0 Å². The van der Waals surface area contributed by atoms with Gasteiger partial charge in [0.25, 0.3) is 0 Å². The minimum Gasteiger partial charge on any atom is -0.508 e. The SMILES string of the molecule is CC1CCC2C(C)(C)C2(Oc2ccc3c(c2)C(=O)OC32c3ccc(O)cc3Oc3cc(O)ccc32)C1. The predicted octanol–water partition coefficient (Wildman–Crippen LogP) is 6.26. The van der Waals surface area contributed by atoms with Gasteiger partial charge in [-0.2, -0.15) is 0 Å². The van der Waals surface area contributed by atoms with Gasteiger partial charge in [0.15, 0.2) is 5.60 Å². The topological polar surface area (TPSA) is 85.2 Å². The number of fused-ring (bicyclic) bond motifs is 7. The Morgan fingerprint density at radius 2 is 1.53 bits per heavy atom. The molecule has 2 heterocycles. The maximum atomic E-state index is 13.4. The number of benzene rings is 3. The summed E-state index contributed by atoms with van der Waals surface area (Å²) in [5.41, 5.74) is 0.997. The molecule has 6 heteroatoms. The van der Waals surface area contributed by atoms with Crippen LogP contribution in [0.2, 0.25) is 0 Å². The van der Waals surface area contributed by atoms with Gasteiger partial charge >= 0.3 is 5.97 Å². The van der Waals surface area contributed by atoms with Gasteiger partial charge in [0.05, 0.1) is 5.56 Å². The lowest BCUT2D eigenvalue weighted by atomic mass is 9.77. The van der Waals surface area contributed by atoms with Crippen LogP contribution in [0, 0.1) is 17.3 Å². The fourth-order valence-corrected chi connectivity index (χ4v) is 7.20. The number of carbonyl (C=O) groups is 1. The molecule has 2 saturated carbocycles. The number of hydrogen-bond acceptors (Lipinski definition) is 6. The molecule has 3 atom stereocenters. The van der Waals surface area contributed by atoms with Gasteiger partial charge in [0, 0.05) is 40.2 Å². The summed E-state index contributed by atoms with van der Waals surface area (Å²) in [4.78, 5) is 13.4. The zero-order chi connectivity index (χ0) is 25.0. The Labute approximate surface area is 209 Å². The lowest BCUT2D eigenvalue weighted by Crippen LogP contribution is -2.33. The van der Waals surface area contributed by atoms with Crippen molar-refractivity contribution in [2.75, 3.05) is 0 Å². The molecular weight excluding hydrogens is 456 g/mol. The number of phenols is 2. The summed E-state index contributed by atoms with van der Waals surface area (Å²) in [5.74, 6) is 2.15. The lowest BCUT2D eigenvalue weighted by molar-refractivity contribution is 0.0224. The van der Waals surface area contributed by atoms with Gasteiger partial charge in [0.1, 0.15) is 34.3 Å².